The standard InChI is InChI=1S/C13H18N2O3/c1-15(7-5-11-4-2-3-6-14-11)13(16)12-10-17-8-9-18-12/h2-4,6,12H,5,7-10H2,1H3/t12-/m1/s1. The zero-order valence-corrected chi connectivity index (χ0v) is 10.5. The van der Waals surface area contributed by atoms with Crippen molar-refractivity contribution in [1.29, 1.82) is 0 Å². The van der Waals surface area contributed by atoms with Gasteiger partial charge in [-0.25, -0.2) is 0 Å². The summed E-state index contributed by atoms with van der Waals surface area (Å²) in [7, 11) is 1.78. The van der Waals surface area contributed by atoms with Gasteiger partial charge in [0.05, 0.1) is 19.8 Å². The van der Waals surface area contributed by atoms with Gasteiger partial charge in [-0.15, -0.1) is 0 Å². The summed E-state index contributed by atoms with van der Waals surface area (Å²) >= 11 is 0. The third-order valence-electron chi connectivity index (χ3n) is 2.90. The minimum Gasteiger partial charge on any atom is -0.376 e. The summed E-state index contributed by atoms with van der Waals surface area (Å²) < 4.78 is 10.6. The highest BCUT2D eigenvalue weighted by molar-refractivity contribution is 5.80. The van der Waals surface area contributed by atoms with Crippen LogP contribution in [0.3, 0.4) is 0 Å². The van der Waals surface area contributed by atoms with Crippen LogP contribution in [0.15, 0.2) is 24.4 Å². The number of carbonyl (C=O) groups is 1. The summed E-state index contributed by atoms with van der Waals surface area (Å²) in [6, 6.07) is 5.78. The van der Waals surface area contributed by atoms with E-state index in [0.29, 0.717) is 26.4 Å². The molecule has 0 unspecified atom stereocenters. The summed E-state index contributed by atoms with van der Waals surface area (Å²) in [5.41, 5.74) is 0.984. The molecule has 5 nitrogen and oxygen atoms in total. The Hall–Kier alpha value is -1.46. The fourth-order valence-corrected chi connectivity index (χ4v) is 1.81. The molecule has 1 aromatic rings. The van der Waals surface area contributed by atoms with E-state index >= 15 is 0 Å². The lowest BCUT2D eigenvalue weighted by molar-refractivity contribution is -0.156. The Kier molecular flexibility index (Phi) is 4.66. The zero-order valence-electron chi connectivity index (χ0n) is 10.5. The fraction of sp³-hybridized carbons (Fsp3) is 0.538. The third-order valence-corrected chi connectivity index (χ3v) is 2.90. The molecule has 2 heterocycles. The second-order valence-electron chi connectivity index (χ2n) is 4.27. The first kappa shape index (κ1) is 13.0. The van der Waals surface area contributed by atoms with Crippen molar-refractivity contribution in [3.8, 4) is 0 Å². The number of pyridine rings is 1. The summed E-state index contributed by atoms with van der Waals surface area (Å²) in [5.74, 6) is -0.0226. The van der Waals surface area contributed by atoms with E-state index < -0.39 is 6.10 Å². The van der Waals surface area contributed by atoms with E-state index in [1.165, 1.54) is 0 Å². The normalized spacial score (nSPS) is 19.5. The van der Waals surface area contributed by atoms with Crippen molar-refractivity contribution >= 4 is 5.91 Å². The molecule has 1 fully saturated rings. The number of amides is 1. The van der Waals surface area contributed by atoms with Gasteiger partial charge in [0.2, 0.25) is 0 Å². The Balaban J connectivity index is 1.80. The first-order chi connectivity index (χ1) is 8.77. The van der Waals surface area contributed by atoms with Crippen LogP contribution in [0.5, 0.6) is 0 Å². The summed E-state index contributed by atoms with van der Waals surface area (Å²) in [5, 5.41) is 0. The predicted octanol–water partition coefficient (Wildman–Crippen LogP) is 0.498. The monoisotopic (exact) mass is 250 g/mol. The quantitative estimate of drug-likeness (QED) is 0.780. The molecule has 98 valence electrons. The van der Waals surface area contributed by atoms with Gasteiger partial charge >= 0.3 is 0 Å². The average Bonchev–Trinajstić information content (AvgIpc) is 2.46. The van der Waals surface area contributed by atoms with Crippen LogP contribution < -0.4 is 0 Å². The first-order valence-electron chi connectivity index (χ1n) is 6.11. The van der Waals surface area contributed by atoms with Gasteiger partial charge in [0.25, 0.3) is 5.91 Å². The second kappa shape index (κ2) is 6.47. The van der Waals surface area contributed by atoms with E-state index in [-0.39, 0.29) is 5.91 Å². The Bertz CT molecular complexity index is 377. The van der Waals surface area contributed by atoms with Crippen molar-refractivity contribution in [2.45, 2.75) is 12.5 Å². The van der Waals surface area contributed by atoms with Gasteiger partial charge in [0, 0.05) is 31.9 Å². The molecule has 1 aliphatic heterocycles. The van der Waals surface area contributed by atoms with Gasteiger partial charge in [-0.05, 0) is 12.1 Å². The Labute approximate surface area is 107 Å². The number of hydrogen-bond acceptors (Lipinski definition) is 4. The van der Waals surface area contributed by atoms with Crippen molar-refractivity contribution < 1.29 is 14.3 Å². The molecule has 1 aromatic heterocycles. The van der Waals surface area contributed by atoms with Gasteiger partial charge in [0.15, 0.2) is 6.10 Å². The van der Waals surface area contributed by atoms with Gasteiger partial charge in [-0.1, -0.05) is 6.07 Å². The number of hydrogen-bond donors (Lipinski definition) is 0. The number of aromatic nitrogens is 1. The Morgan fingerprint density at radius 2 is 2.39 bits per heavy atom. The number of nitrogens with zero attached hydrogens (tertiary/aromatic N) is 2. The fourth-order valence-electron chi connectivity index (χ4n) is 1.81. The number of likely N-dealkylation sites (N-methyl/N-ethyl adjacent to an activating group) is 1. The lowest BCUT2D eigenvalue weighted by Gasteiger charge is -2.26. The molecule has 0 spiro atoms. The van der Waals surface area contributed by atoms with E-state index in [1.807, 2.05) is 18.2 Å². The molecular weight excluding hydrogens is 232 g/mol. The highest BCUT2D eigenvalue weighted by Gasteiger charge is 2.25. The Morgan fingerprint density at radius 3 is 3.06 bits per heavy atom. The molecule has 18 heavy (non-hydrogen) atoms. The van der Waals surface area contributed by atoms with E-state index in [4.69, 9.17) is 9.47 Å². The number of carbonyl (C=O) groups excluding carboxylic acids is 1. The maximum atomic E-state index is 12.0. The smallest absolute Gasteiger partial charge is 0.253 e. The minimum atomic E-state index is -0.451. The van der Waals surface area contributed by atoms with Crippen molar-refractivity contribution in [2.24, 2.45) is 0 Å². The van der Waals surface area contributed by atoms with Crippen LogP contribution in [-0.2, 0) is 20.7 Å². The molecular formula is C13H18N2O3. The molecule has 5 heteroatoms. The van der Waals surface area contributed by atoms with Crippen LogP contribution in [0, 0.1) is 0 Å². The predicted molar refractivity (Wildman–Crippen MR) is 66.1 cm³/mol. The molecule has 0 aliphatic carbocycles. The molecule has 1 atom stereocenters. The molecule has 0 N–H and O–H groups in total. The summed E-state index contributed by atoms with van der Waals surface area (Å²) in [4.78, 5) is 17.9. The van der Waals surface area contributed by atoms with E-state index in [9.17, 15) is 4.79 Å². The molecule has 2 rings (SSSR count). The molecule has 1 saturated heterocycles. The van der Waals surface area contributed by atoms with E-state index in [1.54, 1.807) is 18.1 Å². The van der Waals surface area contributed by atoms with Crippen LogP contribution in [0.1, 0.15) is 5.69 Å². The molecule has 1 amide bonds. The second-order valence-corrected chi connectivity index (χ2v) is 4.27. The van der Waals surface area contributed by atoms with E-state index in [0.717, 1.165) is 12.1 Å². The van der Waals surface area contributed by atoms with Crippen LogP contribution in [-0.4, -0.2) is 55.3 Å². The highest BCUT2D eigenvalue weighted by atomic mass is 16.6. The van der Waals surface area contributed by atoms with Crippen LogP contribution in [0.4, 0.5) is 0 Å². The number of rotatable bonds is 4. The van der Waals surface area contributed by atoms with Crippen LogP contribution in [0.2, 0.25) is 0 Å². The third kappa shape index (κ3) is 3.51. The van der Waals surface area contributed by atoms with Crippen molar-refractivity contribution in [2.75, 3.05) is 33.4 Å². The van der Waals surface area contributed by atoms with Crippen molar-refractivity contribution in [3.63, 3.8) is 0 Å². The average molecular weight is 250 g/mol. The first-order valence-corrected chi connectivity index (χ1v) is 6.11. The number of ether oxygens (including phenoxy) is 2. The van der Waals surface area contributed by atoms with Crippen molar-refractivity contribution in [1.82, 2.24) is 9.88 Å². The van der Waals surface area contributed by atoms with Gasteiger partial charge in [-0.2, -0.15) is 0 Å². The maximum Gasteiger partial charge on any atom is 0.253 e. The zero-order chi connectivity index (χ0) is 12.8. The summed E-state index contributed by atoms with van der Waals surface area (Å²) in [6.45, 7) is 2.05. The molecule has 0 aromatic carbocycles. The summed E-state index contributed by atoms with van der Waals surface area (Å²) in [6.07, 6.45) is 2.05. The highest BCUT2D eigenvalue weighted by Crippen LogP contribution is 2.05. The van der Waals surface area contributed by atoms with Gasteiger partial charge in [0.1, 0.15) is 0 Å². The lowest BCUT2D eigenvalue weighted by atomic mass is 10.2. The molecule has 0 bridgehead atoms. The van der Waals surface area contributed by atoms with E-state index in [2.05, 4.69) is 4.98 Å². The molecule has 0 radical (unpaired) electrons. The van der Waals surface area contributed by atoms with Crippen LogP contribution >= 0.6 is 0 Å². The van der Waals surface area contributed by atoms with Crippen LogP contribution in [0.25, 0.3) is 0 Å². The topological polar surface area (TPSA) is 51.7 Å². The minimum absolute atomic E-state index is 0.0226. The van der Waals surface area contributed by atoms with Gasteiger partial charge < -0.3 is 14.4 Å². The molecule has 0 saturated carbocycles. The van der Waals surface area contributed by atoms with Crippen molar-refractivity contribution in [3.05, 3.63) is 30.1 Å². The Morgan fingerprint density at radius 1 is 1.50 bits per heavy atom. The SMILES string of the molecule is CN(CCc1ccccn1)C(=O)[C@H]1COCCO1. The van der Waals surface area contributed by atoms with Gasteiger partial charge in [-0.3, -0.25) is 9.78 Å². The molecule has 1 aliphatic rings. The maximum absolute atomic E-state index is 12.0. The largest absolute Gasteiger partial charge is 0.376 e. The lowest BCUT2D eigenvalue weighted by Crippen LogP contribution is -2.44.